The number of nitrogens with zero attached hydrogens (tertiary/aromatic N) is 1. The Labute approximate surface area is 189 Å². The summed E-state index contributed by atoms with van der Waals surface area (Å²) in [6.07, 6.45) is 8.84. The van der Waals surface area contributed by atoms with E-state index in [9.17, 15) is 9.59 Å². The molecule has 2 aliphatic carbocycles. The minimum atomic E-state index is -1.18. The van der Waals surface area contributed by atoms with Gasteiger partial charge in [0.1, 0.15) is 16.9 Å². The molecule has 0 aliphatic heterocycles. The van der Waals surface area contributed by atoms with Crippen molar-refractivity contribution in [3.8, 4) is 0 Å². The zero-order valence-electron chi connectivity index (χ0n) is 18.4. The van der Waals surface area contributed by atoms with Crippen LogP contribution >= 0.6 is 11.8 Å². The molecule has 1 heterocycles. The molecule has 2 fully saturated rings. The lowest BCUT2D eigenvalue weighted by Gasteiger charge is -2.27. The molecule has 7 nitrogen and oxygen atoms in total. The van der Waals surface area contributed by atoms with Crippen molar-refractivity contribution in [1.29, 1.82) is 0 Å². The fourth-order valence-electron chi connectivity index (χ4n) is 4.38. The van der Waals surface area contributed by atoms with E-state index in [1.807, 2.05) is 12.1 Å². The maximum absolute atomic E-state index is 12.9. The molecule has 172 valence electrons. The van der Waals surface area contributed by atoms with E-state index in [0.29, 0.717) is 11.5 Å². The Kier molecular flexibility index (Phi) is 9.31. The van der Waals surface area contributed by atoms with Crippen molar-refractivity contribution in [1.82, 2.24) is 10.3 Å². The van der Waals surface area contributed by atoms with E-state index in [0.717, 1.165) is 68.1 Å². The minimum Gasteiger partial charge on any atom is -0.450 e. The second kappa shape index (κ2) is 12.2. The summed E-state index contributed by atoms with van der Waals surface area (Å²) in [6.45, 7) is 2.92. The standard InChI is InChI=1S/C23H35N3O4S/c1-2-14-31-22-19(21(27)25-17-6-4-3-5-7-17)12-13-20(26-22)24-15-16-8-10-18(11-9-16)30-23(28)29/h12-13,16-18H,2-11,14-15H2,1H3,(H,24,26)(H,25,27)(H,28,29). The van der Waals surface area contributed by atoms with Crippen LogP contribution in [0.3, 0.4) is 0 Å². The highest BCUT2D eigenvalue weighted by Gasteiger charge is 2.24. The van der Waals surface area contributed by atoms with Gasteiger partial charge in [-0.2, -0.15) is 0 Å². The largest absolute Gasteiger partial charge is 0.506 e. The molecule has 1 aromatic rings. The van der Waals surface area contributed by atoms with Gasteiger partial charge in [0.25, 0.3) is 5.91 Å². The number of anilines is 1. The first-order chi connectivity index (χ1) is 15.0. The van der Waals surface area contributed by atoms with Crippen molar-refractivity contribution < 1.29 is 19.4 Å². The predicted molar refractivity (Wildman–Crippen MR) is 123 cm³/mol. The van der Waals surface area contributed by atoms with Crippen LogP contribution in [0.25, 0.3) is 0 Å². The Hall–Kier alpha value is -1.96. The zero-order valence-corrected chi connectivity index (χ0v) is 19.2. The average molecular weight is 450 g/mol. The number of ether oxygens (including phenoxy) is 1. The summed E-state index contributed by atoms with van der Waals surface area (Å²) < 4.78 is 4.89. The normalized spacial score (nSPS) is 22.0. The van der Waals surface area contributed by atoms with Gasteiger partial charge in [-0.25, -0.2) is 9.78 Å². The number of hydrogen-bond acceptors (Lipinski definition) is 6. The topological polar surface area (TPSA) is 101 Å². The van der Waals surface area contributed by atoms with Gasteiger partial charge in [-0.15, -0.1) is 11.8 Å². The number of nitrogens with one attached hydrogen (secondary N) is 2. The van der Waals surface area contributed by atoms with Crippen molar-refractivity contribution in [2.24, 2.45) is 5.92 Å². The number of carbonyl (C=O) groups is 2. The first kappa shape index (κ1) is 23.7. The molecule has 0 saturated heterocycles. The van der Waals surface area contributed by atoms with Crippen LogP contribution in [0.4, 0.5) is 10.6 Å². The molecule has 3 N–H and O–H groups in total. The van der Waals surface area contributed by atoms with Crippen molar-refractivity contribution >= 4 is 29.6 Å². The molecule has 3 rings (SSSR count). The summed E-state index contributed by atoms with van der Waals surface area (Å²) in [7, 11) is 0. The van der Waals surface area contributed by atoms with Crippen LogP contribution < -0.4 is 10.6 Å². The number of amides is 1. The molecule has 31 heavy (non-hydrogen) atoms. The molecule has 0 radical (unpaired) electrons. The van der Waals surface area contributed by atoms with Gasteiger partial charge in [-0.3, -0.25) is 4.79 Å². The number of rotatable bonds is 9. The maximum Gasteiger partial charge on any atom is 0.506 e. The Morgan fingerprint density at radius 1 is 1.13 bits per heavy atom. The number of pyridine rings is 1. The number of carboxylic acid groups (broad SMARTS) is 1. The van der Waals surface area contributed by atoms with Crippen LogP contribution in [-0.4, -0.2) is 46.6 Å². The SMILES string of the molecule is CCCSc1nc(NCC2CCC(OC(=O)O)CC2)ccc1C(=O)NC1CCCCC1. The number of aromatic nitrogens is 1. The lowest BCUT2D eigenvalue weighted by atomic mass is 9.87. The van der Waals surface area contributed by atoms with E-state index in [-0.39, 0.29) is 18.1 Å². The van der Waals surface area contributed by atoms with Crippen molar-refractivity contribution in [2.45, 2.75) is 88.3 Å². The first-order valence-electron chi connectivity index (χ1n) is 11.6. The van der Waals surface area contributed by atoms with Crippen LogP contribution in [-0.2, 0) is 4.74 Å². The van der Waals surface area contributed by atoms with Crippen molar-refractivity contribution in [3.63, 3.8) is 0 Å². The van der Waals surface area contributed by atoms with Crippen LogP contribution in [0.15, 0.2) is 17.2 Å². The highest BCUT2D eigenvalue weighted by atomic mass is 32.2. The summed E-state index contributed by atoms with van der Waals surface area (Å²) >= 11 is 1.63. The summed E-state index contributed by atoms with van der Waals surface area (Å²) in [4.78, 5) is 28.3. The molecular weight excluding hydrogens is 414 g/mol. The van der Waals surface area contributed by atoms with Gasteiger partial charge in [0.05, 0.1) is 5.56 Å². The lowest BCUT2D eigenvalue weighted by Crippen LogP contribution is -2.36. The van der Waals surface area contributed by atoms with Gasteiger partial charge in [-0.05, 0) is 68.7 Å². The van der Waals surface area contributed by atoms with Gasteiger partial charge in [-0.1, -0.05) is 26.2 Å². The smallest absolute Gasteiger partial charge is 0.450 e. The molecule has 0 bridgehead atoms. The number of hydrogen-bond donors (Lipinski definition) is 3. The van der Waals surface area contributed by atoms with Gasteiger partial charge >= 0.3 is 6.16 Å². The molecule has 0 spiro atoms. The van der Waals surface area contributed by atoms with Crippen LogP contribution in [0, 0.1) is 5.92 Å². The Morgan fingerprint density at radius 2 is 1.87 bits per heavy atom. The number of thioether (sulfide) groups is 1. The van der Waals surface area contributed by atoms with Gasteiger partial charge in [0.2, 0.25) is 0 Å². The summed E-state index contributed by atoms with van der Waals surface area (Å²) in [5, 5.41) is 16.2. The predicted octanol–water partition coefficient (Wildman–Crippen LogP) is 5.31. The maximum atomic E-state index is 12.9. The molecule has 2 saturated carbocycles. The zero-order chi connectivity index (χ0) is 22.1. The highest BCUT2D eigenvalue weighted by molar-refractivity contribution is 7.99. The summed E-state index contributed by atoms with van der Waals surface area (Å²) in [5.74, 6) is 2.17. The third-order valence-corrected chi connectivity index (χ3v) is 7.32. The van der Waals surface area contributed by atoms with Crippen LogP contribution in [0.2, 0.25) is 0 Å². The van der Waals surface area contributed by atoms with E-state index >= 15 is 0 Å². The van der Waals surface area contributed by atoms with E-state index in [1.165, 1.54) is 19.3 Å². The van der Waals surface area contributed by atoms with Gasteiger partial charge < -0.3 is 20.5 Å². The molecular formula is C23H35N3O4S. The van der Waals surface area contributed by atoms with E-state index in [4.69, 9.17) is 14.8 Å². The third-order valence-electron chi connectivity index (χ3n) is 6.12. The van der Waals surface area contributed by atoms with E-state index in [2.05, 4.69) is 17.6 Å². The second-order valence-electron chi connectivity index (χ2n) is 8.61. The summed E-state index contributed by atoms with van der Waals surface area (Å²) in [6, 6.07) is 4.07. The fourth-order valence-corrected chi connectivity index (χ4v) is 5.25. The van der Waals surface area contributed by atoms with E-state index < -0.39 is 6.16 Å². The quantitative estimate of drug-likeness (QED) is 0.347. The minimum absolute atomic E-state index is 0.0127. The Morgan fingerprint density at radius 3 is 2.55 bits per heavy atom. The summed E-state index contributed by atoms with van der Waals surface area (Å²) in [5.41, 5.74) is 0.668. The second-order valence-corrected chi connectivity index (χ2v) is 9.70. The Balaban J connectivity index is 1.56. The highest BCUT2D eigenvalue weighted by Crippen LogP contribution is 2.28. The average Bonchev–Trinajstić information content (AvgIpc) is 2.77. The molecule has 0 aromatic carbocycles. The molecule has 0 atom stereocenters. The van der Waals surface area contributed by atoms with Gasteiger partial charge in [0, 0.05) is 12.6 Å². The monoisotopic (exact) mass is 449 g/mol. The van der Waals surface area contributed by atoms with E-state index in [1.54, 1.807) is 11.8 Å². The van der Waals surface area contributed by atoms with Gasteiger partial charge in [0.15, 0.2) is 0 Å². The molecule has 1 aromatic heterocycles. The van der Waals surface area contributed by atoms with Crippen LogP contribution in [0.1, 0.15) is 81.5 Å². The lowest BCUT2D eigenvalue weighted by molar-refractivity contribution is 0.0293. The molecule has 1 amide bonds. The molecule has 2 aliphatic rings. The van der Waals surface area contributed by atoms with Crippen molar-refractivity contribution in [3.05, 3.63) is 17.7 Å². The molecule has 8 heteroatoms. The van der Waals surface area contributed by atoms with Crippen LogP contribution in [0.5, 0.6) is 0 Å². The Bertz CT molecular complexity index is 732. The molecule has 0 unspecified atom stereocenters. The third kappa shape index (κ3) is 7.59. The number of carbonyl (C=O) groups excluding carboxylic acids is 1. The van der Waals surface area contributed by atoms with Crippen molar-refractivity contribution in [2.75, 3.05) is 17.6 Å². The first-order valence-corrected chi connectivity index (χ1v) is 12.6. The fraction of sp³-hybridized carbons (Fsp3) is 0.696.